The molecule has 0 spiro atoms. The first-order chi connectivity index (χ1) is 9.67. The van der Waals surface area contributed by atoms with Gasteiger partial charge in [0.2, 0.25) is 0 Å². The van der Waals surface area contributed by atoms with Gasteiger partial charge >= 0.3 is 0 Å². The van der Waals surface area contributed by atoms with Gasteiger partial charge in [0.05, 0.1) is 12.6 Å². The molecule has 0 aromatic heterocycles. The van der Waals surface area contributed by atoms with Crippen LogP contribution in [0.3, 0.4) is 0 Å². The number of rotatable bonds is 5. The van der Waals surface area contributed by atoms with Gasteiger partial charge in [0.15, 0.2) is 0 Å². The van der Waals surface area contributed by atoms with Crippen LogP contribution in [-0.4, -0.2) is 13.7 Å². The summed E-state index contributed by atoms with van der Waals surface area (Å²) in [6.45, 7) is 4.71. The molecule has 2 aromatic rings. The van der Waals surface area contributed by atoms with Crippen molar-refractivity contribution >= 4 is 11.6 Å². The second-order valence-corrected chi connectivity index (χ2v) is 5.09. The number of hydrogen-bond acceptors (Lipinski definition) is 2. The molecule has 0 amide bonds. The zero-order valence-electron chi connectivity index (χ0n) is 12.1. The summed E-state index contributed by atoms with van der Waals surface area (Å²) in [7, 11) is 1.96. The van der Waals surface area contributed by atoms with Crippen LogP contribution in [0.2, 0.25) is 5.02 Å². The van der Waals surface area contributed by atoms with Crippen molar-refractivity contribution in [2.75, 3.05) is 13.7 Å². The number of hydrogen-bond donors (Lipinski definition) is 1. The smallest absolute Gasteiger partial charge is 0.119 e. The van der Waals surface area contributed by atoms with E-state index in [1.54, 1.807) is 0 Å². The number of halogens is 1. The molecule has 0 aliphatic rings. The average Bonchev–Trinajstić information content (AvgIpc) is 2.45. The van der Waals surface area contributed by atoms with Crippen molar-refractivity contribution in [1.82, 2.24) is 5.32 Å². The van der Waals surface area contributed by atoms with Crippen molar-refractivity contribution in [2.45, 2.75) is 19.9 Å². The molecule has 0 aliphatic carbocycles. The zero-order valence-corrected chi connectivity index (χ0v) is 12.9. The summed E-state index contributed by atoms with van der Waals surface area (Å²) in [5.41, 5.74) is 3.47. The second kappa shape index (κ2) is 6.78. The maximum Gasteiger partial charge on any atom is 0.119 e. The molecule has 2 rings (SSSR count). The van der Waals surface area contributed by atoms with Crippen molar-refractivity contribution in [1.29, 1.82) is 0 Å². The van der Waals surface area contributed by atoms with Gasteiger partial charge in [0.25, 0.3) is 0 Å². The molecule has 2 aromatic carbocycles. The van der Waals surface area contributed by atoms with E-state index in [4.69, 9.17) is 16.3 Å². The Kier molecular flexibility index (Phi) is 5.05. The Labute approximate surface area is 125 Å². The minimum Gasteiger partial charge on any atom is -0.494 e. The Bertz CT molecular complexity index is 583. The zero-order chi connectivity index (χ0) is 14.5. The molecule has 0 aliphatic heterocycles. The van der Waals surface area contributed by atoms with E-state index >= 15 is 0 Å². The normalized spacial score (nSPS) is 12.2. The van der Waals surface area contributed by atoms with E-state index in [0.29, 0.717) is 6.61 Å². The third-order valence-electron chi connectivity index (χ3n) is 3.41. The fraction of sp³-hybridized carbons (Fsp3) is 0.294. The third-order valence-corrected chi connectivity index (χ3v) is 3.82. The van der Waals surface area contributed by atoms with Gasteiger partial charge in [-0.2, -0.15) is 0 Å². The van der Waals surface area contributed by atoms with Gasteiger partial charge in [0, 0.05) is 5.02 Å². The van der Waals surface area contributed by atoms with Gasteiger partial charge in [0.1, 0.15) is 5.75 Å². The summed E-state index contributed by atoms with van der Waals surface area (Å²) in [5, 5.41) is 4.15. The number of benzene rings is 2. The SMILES string of the molecule is CCOc1cccc(C(NC)c2cccc(Cl)c2C)c1. The minimum absolute atomic E-state index is 0.106. The first kappa shape index (κ1) is 14.9. The molecule has 0 saturated heterocycles. The van der Waals surface area contributed by atoms with Gasteiger partial charge in [-0.3, -0.25) is 0 Å². The highest BCUT2D eigenvalue weighted by atomic mass is 35.5. The molecule has 0 saturated carbocycles. The lowest BCUT2D eigenvalue weighted by molar-refractivity contribution is 0.339. The van der Waals surface area contributed by atoms with Crippen LogP contribution in [0.25, 0.3) is 0 Å². The maximum absolute atomic E-state index is 6.23. The highest BCUT2D eigenvalue weighted by molar-refractivity contribution is 6.31. The summed E-state index contributed by atoms with van der Waals surface area (Å²) in [6.07, 6.45) is 0. The number of ether oxygens (including phenoxy) is 1. The molecule has 1 atom stereocenters. The molecule has 0 bridgehead atoms. The largest absolute Gasteiger partial charge is 0.494 e. The maximum atomic E-state index is 6.23. The van der Waals surface area contributed by atoms with Crippen molar-refractivity contribution < 1.29 is 4.74 Å². The van der Waals surface area contributed by atoms with Crippen molar-refractivity contribution in [3.05, 3.63) is 64.2 Å². The first-order valence-corrected chi connectivity index (χ1v) is 7.20. The Morgan fingerprint density at radius 3 is 2.65 bits per heavy atom. The van der Waals surface area contributed by atoms with E-state index in [9.17, 15) is 0 Å². The predicted octanol–water partition coefficient (Wildman–Crippen LogP) is 4.36. The Morgan fingerprint density at radius 2 is 1.95 bits per heavy atom. The minimum atomic E-state index is 0.106. The first-order valence-electron chi connectivity index (χ1n) is 6.82. The van der Waals surface area contributed by atoms with Crippen LogP contribution in [0, 0.1) is 6.92 Å². The molecule has 3 heteroatoms. The highest BCUT2D eigenvalue weighted by Crippen LogP contribution is 2.30. The molecule has 106 valence electrons. The van der Waals surface area contributed by atoms with E-state index in [1.165, 1.54) is 11.1 Å². The van der Waals surface area contributed by atoms with Crippen LogP contribution in [0.1, 0.15) is 29.7 Å². The second-order valence-electron chi connectivity index (χ2n) is 4.68. The molecular weight excluding hydrogens is 270 g/mol. The van der Waals surface area contributed by atoms with Crippen molar-refractivity contribution in [2.24, 2.45) is 0 Å². The lowest BCUT2D eigenvalue weighted by Gasteiger charge is -2.20. The average molecular weight is 290 g/mol. The molecule has 1 N–H and O–H groups in total. The summed E-state index contributed by atoms with van der Waals surface area (Å²) in [5.74, 6) is 0.893. The molecule has 0 heterocycles. The van der Waals surface area contributed by atoms with E-state index in [2.05, 4.69) is 30.4 Å². The quantitative estimate of drug-likeness (QED) is 0.883. The Balaban J connectivity index is 2.41. The topological polar surface area (TPSA) is 21.3 Å². The number of nitrogens with one attached hydrogen (secondary N) is 1. The van der Waals surface area contributed by atoms with Crippen LogP contribution >= 0.6 is 11.6 Å². The Morgan fingerprint density at radius 1 is 1.20 bits per heavy atom. The molecular formula is C17H20ClNO. The molecule has 0 fully saturated rings. The van der Waals surface area contributed by atoms with Gasteiger partial charge in [-0.1, -0.05) is 35.9 Å². The summed E-state index contributed by atoms with van der Waals surface area (Å²) < 4.78 is 5.58. The Hall–Kier alpha value is -1.51. The fourth-order valence-electron chi connectivity index (χ4n) is 2.39. The van der Waals surface area contributed by atoms with E-state index < -0.39 is 0 Å². The van der Waals surface area contributed by atoms with Gasteiger partial charge < -0.3 is 10.1 Å². The van der Waals surface area contributed by atoms with E-state index in [0.717, 1.165) is 16.3 Å². The van der Waals surface area contributed by atoms with E-state index in [-0.39, 0.29) is 6.04 Å². The van der Waals surface area contributed by atoms with Gasteiger partial charge in [-0.05, 0) is 55.8 Å². The molecule has 20 heavy (non-hydrogen) atoms. The van der Waals surface area contributed by atoms with Crippen LogP contribution < -0.4 is 10.1 Å². The summed E-state index contributed by atoms with van der Waals surface area (Å²) in [4.78, 5) is 0. The van der Waals surface area contributed by atoms with Gasteiger partial charge in [-0.15, -0.1) is 0 Å². The van der Waals surface area contributed by atoms with Crippen LogP contribution in [0.5, 0.6) is 5.75 Å². The standard InChI is InChI=1S/C17H20ClNO/c1-4-20-14-8-5-7-13(11-14)17(19-3)15-9-6-10-16(18)12(15)2/h5-11,17,19H,4H2,1-3H3. The van der Waals surface area contributed by atoms with E-state index in [1.807, 2.05) is 38.2 Å². The van der Waals surface area contributed by atoms with Crippen molar-refractivity contribution in [3.63, 3.8) is 0 Å². The fourth-order valence-corrected chi connectivity index (χ4v) is 2.57. The van der Waals surface area contributed by atoms with Crippen LogP contribution in [-0.2, 0) is 0 Å². The summed E-state index contributed by atoms with van der Waals surface area (Å²) >= 11 is 6.23. The molecule has 2 nitrogen and oxygen atoms in total. The van der Waals surface area contributed by atoms with Gasteiger partial charge in [-0.25, -0.2) is 0 Å². The predicted molar refractivity (Wildman–Crippen MR) is 84.7 cm³/mol. The van der Waals surface area contributed by atoms with Crippen LogP contribution in [0.4, 0.5) is 0 Å². The highest BCUT2D eigenvalue weighted by Gasteiger charge is 2.15. The van der Waals surface area contributed by atoms with Crippen molar-refractivity contribution in [3.8, 4) is 5.75 Å². The lowest BCUT2D eigenvalue weighted by Crippen LogP contribution is -2.18. The molecule has 0 radical (unpaired) electrons. The molecule has 1 unspecified atom stereocenters. The third kappa shape index (κ3) is 3.14. The summed E-state index contributed by atoms with van der Waals surface area (Å²) in [6, 6.07) is 14.3. The lowest BCUT2D eigenvalue weighted by atomic mass is 9.95. The van der Waals surface area contributed by atoms with Crippen LogP contribution in [0.15, 0.2) is 42.5 Å². The monoisotopic (exact) mass is 289 g/mol.